The van der Waals surface area contributed by atoms with Crippen molar-refractivity contribution >= 4 is 40.9 Å². The van der Waals surface area contributed by atoms with Crippen LogP contribution in [0.15, 0.2) is 47.6 Å². The number of rotatable bonds is 8. The van der Waals surface area contributed by atoms with E-state index in [-0.39, 0.29) is 34.6 Å². The summed E-state index contributed by atoms with van der Waals surface area (Å²) >= 11 is 7.15. The van der Waals surface area contributed by atoms with Gasteiger partial charge in [-0.15, -0.1) is 5.10 Å². The van der Waals surface area contributed by atoms with E-state index in [1.165, 1.54) is 37.4 Å². The predicted molar refractivity (Wildman–Crippen MR) is 109 cm³/mol. The van der Waals surface area contributed by atoms with E-state index in [4.69, 9.17) is 16.3 Å². The summed E-state index contributed by atoms with van der Waals surface area (Å²) in [5.41, 5.74) is 0.553. The number of para-hydroxylation sites is 1. The minimum atomic E-state index is -0.539. The van der Waals surface area contributed by atoms with Crippen molar-refractivity contribution in [1.82, 2.24) is 15.2 Å². The van der Waals surface area contributed by atoms with Crippen LogP contribution in [0.1, 0.15) is 16.2 Å². The van der Waals surface area contributed by atoms with Crippen molar-refractivity contribution < 1.29 is 23.5 Å². The van der Waals surface area contributed by atoms with Gasteiger partial charge in [0.05, 0.1) is 29.1 Å². The Morgan fingerprint density at radius 2 is 2.07 bits per heavy atom. The third kappa shape index (κ3) is 5.71. The number of aromatic nitrogens is 3. The van der Waals surface area contributed by atoms with Gasteiger partial charge in [0.2, 0.25) is 11.1 Å². The standard InChI is InChI=1S/C19H16ClFN4O4S/c1-28-18(27)11-6-7-12(20)14(8-11)22-17(26)10-30-19-23-16(24-25-19)9-29-15-5-3-2-4-13(15)21/h2-8H,9-10H2,1H3,(H,22,26)(H,23,24,25). The maximum absolute atomic E-state index is 13.5. The Bertz CT molecular complexity index is 1060. The Hall–Kier alpha value is -3.11. The molecule has 1 amide bonds. The molecule has 0 bridgehead atoms. The number of anilines is 1. The number of nitrogens with one attached hydrogen (secondary N) is 2. The van der Waals surface area contributed by atoms with Gasteiger partial charge in [0.1, 0.15) is 6.61 Å². The SMILES string of the molecule is COC(=O)c1ccc(Cl)c(NC(=O)CSc2n[nH]c(COc3ccccc3F)n2)c1. The van der Waals surface area contributed by atoms with Crippen LogP contribution in [-0.2, 0) is 16.1 Å². The van der Waals surface area contributed by atoms with Crippen molar-refractivity contribution in [1.29, 1.82) is 0 Å². The number of hydrogen-bond donors (Lipinski definition) is 2. The second kappa shape index (κ2) is 10.1. The summed E-state index contributed by atoms with van der Waals surface area (Å²) in [7, 11) is 1.26. The van der Waals surface area contributed by atoms with Gasteiger partial charge >= 0.3 is 5.97 Å². The summed E-state index contributed by atoms with van der Waals surface area (Å²) < 4.78 is 23.5. The van der Waals surface area contributed by atoms with Gasteiger partial charge < -0.3 is 14.8 Å². The maximum atomic E-state index is 13.5. The van der Waals surface area contributed by atoms with Crippen molar-refractivity contribution in [2.75, 3.05) is 18.2 Å². The lowest BCUT2D eigenvalue weighted by molar-refractivity contribution is -0.113. The highest BCUT2D eigenvalue weighted by molar-refractivity contribution is 7.99. The molecule has 11 heteroatoms. The monoisotopic (exact) mass is 450 g/mol. The summed E-state index contributed by atoms with van der Waals surface area (Å²) in [5.74, 6) is -0.883. The zero-order chi connectivity index (χ0) is 21.5. The van der Waals surface area contributed by atoms with E-state index in [2.05, 4.69) is 25.2 Å². The number of halogens is 2. The Labute approximate surface area is 180 Å². The van der Waals surface area contributed by atoms with Crippen LogP contribution in [0.3, 0.4) is 0 Å². The number of benzene rings is 2. The molecule has 0 radical (unpaired) electrons. The summed E-state index contributed by atoms with van der Waals surface area (Å²) in [4.78, 5) is 28.0. The quantitative estimate of drug-likeness (QED) is 0.398. The first-order valence-electron chi connectivity index (χ1n) is 8.55. The van der Waals surface area contributed by atoms with Crippen LogP contribution in [0.4, 0.5) is 10.1 Å². The number of esters is 1. The van der Waals surface area contributed by atoms with Crippen molar-refractivity contribution in [3.8, 4) is 5.75 Å². The third-order valence-corrected chi connectivity index (χ3v) is 4.88. The number of ether oxygens (including phenoxy) is 2. The first-order valence-corrected chi connectivity index (χ1v) is 9.91. The van der Waals surface area contributed by atoms with Crippen LogP contribution in [0.25, 0.3) is 0 Å². The molecule has 156 valence electrons. The van der Waals surface area contributed by atoms with Crippen LogP contribution in [0.5, 0.6) is 5.75 Å². The first-order chi connectivity index (χ1) is 14.5. The number of amides is 1. The predicted octanol–water partition coefficient (Wildman–Crippen LogP) is 3.69. The van der Waals surface area contributed by atoms with Gasteiger partial charge in [-0.2, -0.15) is 0 Å². The molecule has 0 spiro atoms. The smallest absolute Gasteiger partial charge is 0.337 e. The molecule has 8 nitrogen and oxygen atoms in total. The Balaban J connectivity index is 1.52. The lowest BCUT2D eigenvalue weighted by Gasteiger charge is -2.08. The molecule has 0 saturated heterocycles. The number of hydrogen-bond acceptors (Lipinski definition) is 7. The van der Waals surface area contributed by atoms with Gasteiger partial charge in [-0.3, -0.25) is 9.89 Å². The summed E-state index contributed by atoms with van der Waals surface area (Å²) in [6.07, 6.45) is 0. The van der Waals surface area contributed by atoms with E-state index in [0.717, 1.165) is 11.8 Å². The highest BCUT2D eigenvalue weighted by atomic mass is 35.5. The van der Waals surface area contributed by atoms with Gasteiger partial charge in [-0.1, -0.05) is 35.5 Å². The summed E-state index contributed by atoms with van der Waals surface area (Å²) in [5, 5.41) is 9.89. The number of carbonyl (C=O) groups excluding carboxylic acids is 2. The molecule has 2 N–H and O–H groups in total. The average Bonchev–Trinajstić information content (AvgIpc) is 3.20. The molecular weight excluding hydrogens is 435 g/mol. The molecule has 0 atom stereocenters. The lowest BCUT2D eigenvalue weighted by Crippen LogP contribution is -2.15. The fourth-order valence-electron chi connectivity index (χ4n) is 2.30. The lowest BCUT2D eigenvalue weighted by atomic mass is 10.2. The minimum Gasteiger partial charge on any atom is -0.483 e. The fraction of sp³-hybridized carbons (Fsp3) is 0.158. The maximum Gasteiger partial charge on any atom is 0.337 e. The second-order valence-corrected chi connectivity index (χ2v) is 7.16. The van der Waals surface area contributed by atoms with Crippen molar-refractivity contribution in [2.24, 2.45) is 0 Å². The summed E-state index contributed by atoms with van der Waals surface area (Å²) in [6.45, 7) is -0.00336. The molecular formula is C19H16ClFN4O4S. The number of aromatic amines is 1. The highest BCUT2D eigenvalue weighted by Crippen LogP contribution is 2.24. The molecule has 3 rings (SSSR count). The summed E-state index contributed by atoms with van der Waals surface area (Å²) in [6, 6.07) is 10.4. The molecule has 0 saturated carbocycles. The van der Waals surface area contributed by atoms with E-state index in [0.29, 0.717) is 16.7 Å². The molecule has 3 aromatic rings. The largest absolute Gasteiger partial charge is 0.483 e. The third-order valence-electron chi connectivity index (χ3n) is 3.71. The van der Waals surface area contributed by atoms with Gasteiger partial charge in [-0.05, 0) is 30.3 Å². The molecule has 0 fully saturated rings. The van der Waals surface area contributed by atoms with E-state index in [9.17, 15) is 14.0 Å². The van der Waals surface area contributed by atoms with Crippen LogP contribution in [-0.4, -0.2) is 39.9 Å². The van der Waals surface area contributed by atoms with E-state index in [1.807, 2.05) is 0 Å². The zero-order valence-electron chi connectivity index (χ0n) is 15.6. The molecule has 30 heavy (non-hydrogen) atoms. The zero-order valence-corrected chi connectivity index (χ0v) is 17.2. The van der Waals surface area contributed by atoms with Crippen LogP contribution in [0, 0.1) is 5.82 Å². The number of thioether (sulfide) groups is 1. The highest BCUT2D eigenvalue weighted by Gasteiger charge is 2.13. The van der Waals surface area contributed by atoms with Crippen molar-refractivity contribution in [3.63, 3.8) is 0 Å². The van der Waals surface area contributed by atoms with Crippen LogP contribution < -0.4 is 10.1 Å². The molecule has 1 aromatic heterocycles. The van der Waals surface area contributed by atoms with Gasteiger partial charge in [0.25, 0.3) is 0 Å². The van der Waals surface area contributed by atoms with E-state index < -0.39 is 11.8 Å². The number of methoxy groups -OCH3 is 1. The van der Waals surface area contributed by atoms with Gasteiger partial charge in [0, 0.05) is 0 Å². The molecule has 0 unspecified atom stereocenters. The molecule has 1 heterocycles. The minimum absolute atomic E-state index is 0.00336. The van der Waals surface area contributed by atoms with E-state index in [1.54, 1.807) is 12.1 Å². The molecule has 0 aliphatic rings. The van der Waals surface area contributed by atoms with Crippen molar-refractivity contribution in [3.05, 3.63) is 64.7 Å². The Kier molecular flexibility index (Phi) is 7.26. The fourth-order valence-corrected chi connectivity index (χ4v) is 3.08. The van der Waals surface area contributed by atoms with Crippen LogP contribution >= 0.6 is 23.4 Å². The van der Waals surface area contributed by atoms with Crippen LogP contribution in [0.2, 0.25) is 5.02 Å². The number of nitrogens with zero attached hydrogens (tertiary/aromatic N) is 2. The number of carbonyl (C=O) groups is 2. The molecule has 0 aliphatic carbocycles. The van der Waals surface area contributed by atoms with Crippen molar-refractivity contribution in [2.45, 2.75) is 11.8 Å². The first kappa shape index (κ1) is 21.6. The topological polar surface area (TPSA) is 106 Å². The second-order valence-electron chi connectivity index (χ2n) is 5.81. The van der Waals surface area contributed by atoms with Gasteiger partial charge in [-0.25, -0.2) is 14.2 Å². The Morgan fingerprint density at radius 3 is 2.83 bits per heavy atom. The number of H-pyrrole nitrogens is 1. The normalized spacial score (nSPS) is 10.5. The average molecular weight is 451 g/mol. The Morgan fingerprint density at radius 1 is 1.27 bits per heavy atom. The molecule has 2 aromatic carbocycles. The molecule has 0 aliphatic heterocycles. The van der Waals surface area contributed by atoms with E-state index >= 15 is 0 Å². The van der Waals surface area contributed by atoms with Gasteiger partial charge in [0.15, 0.2) is 17.4 Å².